The van der Waals surface area contributed by atoms with E-state index in [2.05, 4.69) is 39.0 Å². The van der Waals surface area contributed by atoms with Crippen molar-refractivity contribution in [3.05, 3.63) is 66.1 Å². The van der Waals surface area contributed by atoms with E-state index >= 15 is 0 Å². The van der Waals surface area contributed by atoms with E-state index in [1.54, 1.807) is 7.11 Å². The molecule has 0 N–H and O–H groups in total. The van der Waals surface area contributed by atoms with Gasteiger partial charge in [-0.3, -0.25) is 9.88 Å². The van der Waals surface area contributed by atoms with Crippen LogP contribution in [0.2, 0.25) is 0 Å². The average molecular weight is 446 g/mol. The first-order valence-corrected chi connectivity index (χ1v) is 11.8. The minimum atomic E-state index is 0.411. The lowest BCUT2D eigenvalue weighted by molar-refractivity contribution is 0.122. The number of hydrogen-bond donors (Lipinski definition) is 0. The highest BCUT2D eigenvalue weighted by Crippen LogP contribution is 2.31. The highest BCUT2D eigenvalue weighted by Gasteiger charge is 2.24. The Labute approximate surface area is 195 Å². The highest BCUT2D eigenvalue weighted by molar-refractivity contribution is 5.67. The van der Waals surface area contributed by atoms with Crippen molar-refractivity contribution in [1.82, 2.24) is 19.9 Å². The Bertz CT molecular complexity index is 1070. The molecule has 2 fully saturated rings. The Morgan fingerprint density at radius 3 is 2.76 bits per heavy atom. The lowest BCUT2D eigenvalue weighted by Gasteiger charge is -2.32. The van der Waals surface area contributed by atoms with Crippen LogP contribution in [0.5, 0.6) is 5.75 Å². The molecule has 0 spiro atoms. The van der Waals surface area contributed by atoms with Gasteiger partial charge >= 0.3 is 0 Å². The van der Waals surface area contributed by atoms with Gasteiger partial charge in [-0.2, -0.15) is 0 Å². The third-order valence-electron chi connectivity index (χ3n) is 6.46. The van der Waals surface area contributed by atoms with Crippen LogP contribution in [-0.4, -0.2) is 66.4 Å². The first-order chi connectivity index (χ1) is 16.3. The topological polar surface area (TPSA) is 63.6 Å². The van der Waals surface area contributed by atoms with Crippen molar-refractivity contribution in [3.8, 4) is 17.0 Å². The number of anilines is 1. The van der Waals surface area contributed by atoms with E-state index in [-0.39, 0.29) is 0 Å². The summed E-state index contributed by atoms with van der Waals surface area (Å²) in [7, 11) is 1.71. The summed E-state index contributed by atoms with van der Waals surface area (Å²) in [5.41, 5.74) is 4.22. The SMILES string of the molecule is COc1ccccc1-c1cccc(C2CCCN(Cc3ccnc(N4CCOCC4)n3)C2)n1. The van der Waals surface area contributed by atoms with E-state index in [0.717, 1.165) is 93.1 Å². The molecule has 172 valence electrons. The molecule has 0 radical (unpaired) electrons. The number of para-hydroxylation sites is 1. The van der Waals surface area contributed by atoms with Crippen LogP contribution in [0.1, 0.15) is 30.1 Å². The maximum absolute atomic E-state index is 5.55. The van der Waals surface area contributed by atoms with E-state index in [4.69, 9.17) is 19.4 Å². The number of ether oxygens (including phenoxy) is 2. The molecule has 0 saturated carbocycles. The summed E-state index contributed by atoms with van der Waals surface area (Å²) in [4.78, 5) is 19.1. The summed E-state index contributed by atoms with van der Waals surface area (Å²) in [5.74, 6) is 2.08. The Kier molecular flexibility index (Phi) is 6.79. The van der Waals surface area contributed by atoms with E-state index in [0.29, 0.717) is 5.92 Å². The maximum Gasteiger partial charge on any atom is 0.225 e. The largest absolute Gasteiger partial charge is 0.496 e. The molecule has 1 aromatic carbocycles. The van der Waals surface area contributed by atoms with Gasteiger partial charge in [0.25, 0.3) is 0 Å². The predicted octanol–water partition coefficient (Wildman–Crippen LogP) is 3.76. The number of methoxy groups -OCH3 is 1. The van der Waals surface area contributed by atoms with Crippen molar-refractivity contribution < 1.29 is 9.47 Å². The van der Waals surface area contributed by atoms with Crippen LogP contribution in [0.25, 0.3) is 11.3 Å². The third-order valence-corrected chi connectivity index (χ3v) is 6.46. The Hall–Kier alpha value is -3.03. The van der Waals surface area contributed by atoms with Crippen LogP contribution in [0.15, 0.2) is 54.7 Å². The number of aromatic nitrogens is 3. The number of piperidine rings is 1. The first-order valence-electron chi connectivity index (χ1n) is 11.8. The number of morpholine rings is 1. The molecule has 5 rings (SSSR count). The molecule has 0 aliphatic carbocycles. The quantitative estimate of drug-likeness (QED) is 0.572. The van der Waals surface area contributed by atoms with Gasteiger partial charge in [-0.15, -0.1) is 0 Å². The lowest BCUT2D eigenvalue weighted by atomic mass is 9.93. The van der Waals surface area contributed by atoms with Crippen LogP contribution in [0.3, 0.4) is 0 Å². The van der Waals surface area contributed by atoms with Gasteiger partial charge in [-0.05, 0) is 49.7 Å². The second-order valence-electron chi connectivity index (χ2n) is 8.67. The summed E-state index contributed by atoms with van der Waals surface area (Å²) in [6, 6.07) is 16.4. The fourth-order valence-corrected chi connectivity index (χ4v) is 4.74. The molecule has 2 aliphatic heterocycles. The molecule has 3 aromatic rings. The van der Waals surface area contributed by atoms with Crippen LogP contribution in [-0.2, 0) is 11.3 Å². The average Bonchev–Trinajstić information content (AvgIpc) is 2.89. The van der Waals surface area contributed by atoms with Crippen molar-refractivity contribution >= 4 is 5.95 Å². The normalized spacial score (nSPS) is 19.4. The third kappa shape index (κ3) is 5.15. The summed E-state index contributed by atoms with van der Waals surface area (Å²) in [5, 5.41) is 0. The molecule has 0 amide bonds. The Morgan fingerprint density at radius 1 is 1.00 bits per heavy atom. The summed E-state index contributed by atoms with van der Waals surface area (Å²) < 4.78 is 11.0. The molecule has 0 bridgehead atoms. The molecule has 4 heterocycles. The zero-order valence-electron chi connectivity index (χ0n) is 19.2. The molecule has 7 heteroatoms. The minimum absolute atomic E-state index is 0.411. The molecule has 2 saturated heterocycles. The van der Waals surface area contributed by atoms with Crippen LogP contribution < -0.4 is 9.64 Å². The monoisotopic (exact) mass is 445 g/mol. The second-order valence-corrected chi connectivity index (χ2v) is 8.67. The Morgan fingerprint density at radius 2 is 1.88 bits per heavy atom. The summed E-state index contributed by atoms with van der Waals surface area (Å²) in [6.07, 6.45) is 4.20. The van der Waals surface area contributed by atoms with E-state index < -0.39 is 0 Å². The fraction of sp³-hybridized carbons (Fsp3) is 0.423. The second kappa shape index (κ2) is 10.3. The standard InChI is InChI=1S/C26H31N5O2/c1-32-25-10-3-2-7-22(25)24-9-4-8-23(29-24)20-6-5-13-30(18-20)19-21-11-12-27-26(28-21)31-14-16-33-17-15-31/h2-4,7-12,20H,5-6,13-19H2,1H3. The number of rotatable bonds is 6. The van der Waals surface area contributed by atoms with Crippen molar-refractivity contribution in [2.45, 2.75) is 25.3 Å². The highest BCUT2D eigenvalue weighted by atomic mass is 16.5. The van der Waals surface area contributed by atoms with Gasteiger partial charge in [-0.25, -0.2) is 9.97 Å². The van der Waals surface area contributed by atoms with Gasteiger partial charge in [0.15, 0.2) is 0 Å². The molecule has 2 aliphatic rings. The zero-order valence-corrected chi connectivity index (χ0v) is 19.2. The van der Waals surface area contributed by atoms with Crippen LogP contribution in [0.4, 0.5) is 5.95 Å². The van der Waals surface area contributed by atoms with Gasteiger partial charge < -0.3 is 14.4 Å². The zero-order chi connectivity index (χ0) is 22.5. The maximum atomic E-state index is 5.55. The van der Waals surface area contributed by atoms with Gasteiger partial charge in [0.1, 0.15) is 5.75 Å². The molecular weight excluding hydrogens is 414 g/mol. The van der Waals surface area contributed by atoms with Crippen molar-refractivity contribution in [2.75, 3.05) is 51.4 Å². The van der Waals surface area contributed by atoms with Crippen LogP contribution in [0, 0.1) is 0 Å². The molecule has 1 atom stereocenters. The molecular formula is C26H31N5O2. The first kappa shape index (κ1) is 21.8. The van der Waals surface area contributed by atoms with Crippen LogP contribution >= 0.6 is 0 Å². The lowest BCUT2D eigenvalue weighted by Crippen LogP contribution is -2.38. The summed E-state index contributed by atoms with van der Waals surface area (Å²) >= 11 is 0. The predicted molar refractivity (Wildman–Crippen MR) is 129 cm³/mol. The van der Waals surface area contributed by atoms with Gasteiger partial charge in [0, 0.05) is 49.6 Å². The molecule has 1 unspecified atom stereocenters. The summed E-state index contributed by atoms with van der Waals surface area (Å²) in [6.45, 7) is 6.08. The minimum Gasteiger partial charge on any atom is -0.496 e. The van der Waals surface area contributed by atoms with E-state index in [9.17, 15) is 0 Å². The van der Waals surface area contributed by atoms with Crippen molar-refractivity contribution in [3.63, 3.8) is 0 Å². The number of pyridine rings is 1. The molecule has 2 aromatic heterocycles. The van der Waals surface area contributed by atoms with Crippen molar-refractivity contribution in [2.24, 2.45) is 0 Å². The number of hydrogen-bond acceptors (Lipinski definition) is 7. The van der Waals surface area contributed by atoms with E-state index in [1.807, 2.05) is 30.5 Å². The molecule has 33 heavy (non-hydrogen) atoms. The smallest absolute Gasteiger partial charge is 0.225 e. The van der Waals surface area contributed by atoms with Gasteiger partial charge in [0.05, 0.1) is 31.7 Å². The van der Waals surface area contributed by atoms with E-state index in [1.165, 1.54) is 0 Å². The fourth-order valence-electron chi connectivity index (χ4n) is 4.74. The number of nitrogens with zero attached hydrogens (tertiary/aromatic N) is 5. The molecule has 7 nitrogen and oxygen atoms in total. The van der Waals surface area contributed by atoms with Crippen molar-refractivity contribution in [1.29, 1.82) is 0 Å². The van der Waals surface area contributed by atoms with Gasteiger partial charge in [0.2, 0.25) is 5.95 Å². The number of benzene rings is 1. The number of likely N-dealkylation sites (tertiary alicyclic amines) is 1. The van der Waals surface area contributed by atoms with Gasteiger partial charge in [-0.1, -0.05) is 18.2 Å². The Balaban J connectivity index is 1.29.